The Morgan fingerprint density at radius 3 is 2.75 bits per heavy atom. The normalized spacial score (nSPS) is 17.4. The highest BCUT2D eigenvalue weighted by Gasteiger charge is 2.28. The van der Waals surface area contributed by atoms with Gasteiger partial charge in [-0.25, -0.2) is 4.98 Å². The number of carboxylic acid groups (broad SMARTS) is 1. The van der Waals surface area contributed by atoms with E-state index in [1.807, 2.05) is 6.92 Å². The molecule has 88 valence electrons. The largest absolute Gasteiger partial charge is 0.481 e. The van der Waals surface area contributed by atoms with Crippen LogP contribution in [0.25, 0.3) is 0 Å². The molecule has 0 amide bonds. The lowest BCUT2D eigenvalue weighted by Crippen LogP contribution is -2.46. The minimum absolute atomic E-state index is 0.298. The van der Waals surface area contributed by atoms with Crippen LogP contribution in [0.2, 0.25) is 0 Å². The Hall–Kier alpha value is -0.940. The number of hydrogen-bond acceptors (Lipinski definition) is 4. The predicted octanol–water partition coefficient (Wildman–Crippen LogP) is 1.67. The topological polar surface area (TPSA) is 53.4 Å². The number of hydrogen-bond donors (Lipinski definition) is 1. The first-order valence-electron chi connectivity index (χ1n) is 5.41. The molecule has 0 atom stereocenters. The second kappa shape index (κ2) is 4.51. The van der Waals surface area contributed by atoms with Gasteiger partial charge in [0.2, 0.25) is 0 Å². The monoisotopic (exact) mass is 240 g/mol. The van der Waals surface area contributed by atoms with Crippen LogP contribution in [0.3, 0.4) is 0 Å². The number of likely N-dealkylation sites (tertiary alicyclic amines) is 1. The van der Waals surface area contributed by atoms with Crippen LogP contribution in [-0.2, 0) is 11.3 Å². The van der Waals surface area contributed by atoms with Crippen molar-refractivity contribution >= 4 is 17.3 Å². The van der Waals surface area contributed by atoms with E-state index < -0.39 is 5.97 Å². The molecule has 2 heterocycles. The Morgan fingerprint density at radius 1 is 1.56 bits per heavy atom. The Balaban J connectivity index is 1.79. The van der Waals surface area contributed by atoms with Crippen molar-refractivity contribution in [1.29, 1.82) is 0 Å². The third kappa shape index (κ3) is 2.59. The summed E-state index contributed by atoms with van der Waals surface area (Å²) < 4.78 is 0. The molecule has 0 spiro atoms. The lowest BCUT2D eigenvalue weighted by Gasteiger charge is -2.37. The Labute approximate surface area is 98.9 Å². The molecule has 0 radical (unpaired) electrons. The molecular weight excluding hydrogens is 224 g/mol. The van der Waals surface area contributed by atoms with Crippen molar-refractivity contribution in [2.24, 2.45) is 5.92 Å². The van der Waals surface area contributed by atoms with Gasteiger partial charge in [-0.05, 0) is 19.8 Å². The van der Waals surface area contributed by atoms with E-state index in [-0.39, 0.29) is 0 Å². The molecule has 1 N–H and O–H groups in total. The van der Waals surface area contributed by atoms with E-state index >= 15 is 0 Å². The second-order valence-electron chi connectivity index (χ2n) is 4.41. The number of aromatic nitrogens is 1. The summed E-state index contributed by atoms with van der Waals surface area (Å²) in [5, 5.41) is 9.78. The van der Waals surface area contributed by atoms with Gasteiger partial charge in [-0.15, -0.1) is 11.3 Å². The highest BCUT2D eigenvalue weighted by Crippen LogP contribution is 2.24. The van der Waals surface area contributed by atoms with E-state index in [9.17, 15) is 4.79 Å². The number of nitrogens with zero attached hydrogens (tertiary/aromatic N) is 2. The molecule has 4 nitrogen and oxygen atoms in total. The van der Waals surface area contributed by atoms with E-state index in [0.29, 0.717) is 12.3 Å². The second-order valence-corrected chi connectivity index (χ2v) is 5.69. The van der Waals surface area contributed by atoms with E-state index in [1.165, 1.54) is 4.88 Å². The first-order chi connectivity index (χ1) is 7.54. The summed E-state index contributed by atoms with van der Waals surface area (Å²) in [6.07, 6.45) is 0.298. The van der Waals surface area contributed by atoms with E-state index in [0.717, 1.165) is 30.3 Å². The number of aliphatic carboxylic acids is 1. The Bertz CT molecular complexity index is 377. The van der Waals surface area contributed by atoms with E-state index in [2.05, 4.69) is 16.8 Å². The molecule has 16 heavy (non-hydrogen) atoms. The molecule has 1 aromatic rings. The summed E-state index contributed by atoms with van der Waals surface area (Å²) in [5.74, 6) is -0.356. The molecule has 1 aliphatic rings. The van der Waals surface area contributed by atoms with Crippen molar-refractivity contribution in [2.75, 3.05) is 13.1 Å². The lowest BCUT2D eigenvalue weighted by atomic mass is 9.97. The van der Waals surface area contributed by atoms with Crippen LogP contribution in [0.4, 0.5) is 0 Å². The number of rotatable bonds is 4. The minimum atomic E-state index is -0.689. The van der Waals surface area contributed by atoms with Gasteiger partial charge < -0.3 is 5.11 Å². The van der Waals surface area contributed by atoms with Crippen LogP contribution in [0, 0.1) is 19.8 Å². The number of thiazole rings is 1. The molecule has 0 aromatic carbocycles. The lowest BCUT2D eigenvalue weighted by molar-refractivity contribution is -0.139. The average Bonchev–Trinajstić information content (AvgIpc) is 2.42. The highest BCUT2D eigenvalue weighted by molar-refractivity contribution is 7.11. The molecule has 0 unspecified atom stereocenters. The van der Waals surface area contributed by atoms with Gasteiger partial charge in [-0.2, -0.15) is 0 Å². The molecule has 1 aromatic heterocycles. The van der Waals surface area contributed by atoms with E-state index in [4.69, 9.17) is 5.11 Å². The number of carbonyl (C=O) groups is 1. The standard InChI is InChI=1S/C11H16N2O2S/c1-7-8(2)16-10(12-7)6-13-4-9(5-13)3-11(14)15/h9H,3-6H2,1-2H3,(H,14,15). The van der Waals surface area contributed by atoms with Crippen molar-refractivity contribution in [3.63, 3.8) is 0 Å². The van der Waals surface area contributed by atoms with Crippen molar-refractivity contribution in [3.8, 4) is 0 Å². The smallest absolute Gasteiger partial charge is 0.303 e. The SMILES string of the molecule is Cc1nc(CN2CC(CC(=O)O)C2)sc1C. The fourth-order valence-electron chi connectivity index (χ4n) is 1.98. The summed E-state index contributed by atoms with van der Waals surface area (Å²) in [4.78, 5) is 18.5. The first kappa shape index (κ1) is 11.5. The third-order valence-corrected chi connectivity index (χ3v) is 3.99. The number of aryl methyl sites for hydroxylation is 2. The van der Waals surface area contributed by atoms with Crippen LogP contribution in [-0.4, -0.2) is 34.0 Å². The maximum Gasteiger partial charge on any atom is 0.303 e. The number of carboxylic acids is 1. The van der Waals surface area contributed by atoms with Crippen molar-refractivity contribution in [3.05, 3.63) is 15.6 Å². The van der Waals surface area contributed by atoms with Gasteiger partial charge in [-0.1, -0.05) is 0 Å². The molecule has 1 aliphatic heterocycles. The maximum atomic E-state index is 10.5. The summed E-state index contributed by atoms with van der Waals surface area (Å²) >= 11 is 1.74. The van der Waals surface area contributed by atoms with Gasteiger partial charge >= 0.3 is 5.97 Å². The zero-order valence-corrected chi connectivity index (χ0v) is 10.4. The van der Waals surface area contributed by atoms with Gasteiger partial charge in [0.05, 0.1) is 18.7 Å². The molecule has 1 saturated heterocycles. The molecule has 1 fully saturated rings. The first-order valence-corrected chi connectivity index (χ1v) is 6.23. The van der Waals surface area contributed by atoms with Gasteiger partial charge in [0.1, 0.15) is 5.01 Å². The maximum absolute atomic E-state index is 10.5. The molecule has 0 bridgehead atoms. The van der Waals surface area contributed by atoms with Gasteiger partial charge in [-0.3, -0.25) is 9.69 Å². The third-order valence-electron chi connectivity index (χ3n) is 2.93. The van der Waals surface area contributed by atoms with Crippen LogP contribution in [0.1, 0.15) is 22.0 Å². The molecule has 2 rings (SSSR count). The van der Waals surface area contributed by atoms with Crippen LogP contribution < -0.4 is 0 Å². The molecule has 5 heteroatoms. The summed E-state index contributed by atoms with van der Waals surface area (Å²) in [7, 11) is 0. The summed E-state index contributed by atoms with van der Waals surface area (Å²) in [6, 6.07) is 0. The van der Waals surface area contributed by atoms with Gasteiger partial charge in [0, 0.05) is 18.0 Å². The quantitative estimate of drug-likeness (QED) is 0.869. The van der Waals surface area contributed by atoms with Crippen LogP contribution in [0.15, 0.2) is 0 Å². The Kier molecular flexibility index (Phi) is 3.25. The minimum Gasteiger partial charge on any atom is -0.481 e. The zero-order chi connectivity index (χ0) is 11.7. The Morgan fingerprint density at radius 2 is 2.25 bits per heavy atom. The highest BCUT2D eigenvalue weighted by atomic mass is 32.1. The fraction of sp³-hybridized carbons (Fsp3) is 0.636. The van der Waals surface area contributed by atoms with E-state index in [1.54, 1.807) is 11.3 Å². The predicted molar refractivity (Wildman–Crippen MR) is 62.6 cm³/mol. The zero-order valence-electron chi connectivity index (χ0n) is 9.56. The molecule has 0 aliphatic carbocycles. The van der Waals surface area contributed by atoms with Crippen molar-refractivity contribution < 1.29 is 9.90 Å². The van der Waals surface area contributed by atoms with Crippen LogP contribution >= 0.6 is 11.3 Å². The van der Waals surface area contributed by atoms with Gasteiger partial charge in [0.15, 0.2) is 0 Å². The molecule has 0 saturated carbocycles. The summed E-state index contributed by atoms with van der Waals surface area (Å²) in [5.41, 5.74) is 1.11. The van der Waals surface area contributed by atoms with Gasteiger partial charge in [0.25, 0.3) is 0 Å². The summed E-state index contributed by atoms with van der Waals surface area (Å²) in [6.45, 7) is 6.77. The average molecular weight is 240 g/mol. The van der Waals surface area contributed by atoms with Crippen molar-refractivity contribution in [2.45, 2.75) is 26.8 Å². The van der Waals surface area contributed by atoms with Crippen LogP contribution in [0.5, 0.6) is 0 Å². The van der Waals surface area contributed by atoms with Crippen molar-refractivity contribution in [1.82, 2.24) is 9.88 Å². The molecular formula is C11H16N2O2S. The fourth-order valence-corrected chi connectivity index (χ4v) is 2.96.